The maximum Gasteiger partial charge on any atom is 0.224 e. The van der Waals surface area contributed by atoms with Crippen LogP contribution in [0.1, 0.15) is 32.1 Å². The minimum atomic E-state index is 0. The van der Waals surface area contributed by atoms with Gasteiger partial charge in [0.05, 0.1) is 0 Å². The first-order chi connectivity index (χ1) is 9.34. The zero-order valence-corrected chi connectivity index (χ0v) is 14.3. The molecule has 116 valence electrons. The van der Waals surface area contributed by atoms with E-state index in [0.29, 0.717) is 24.4 Å². The van der Waals surface area contributed by atoms with E-state index in [1.54, 1.807) is 0 Å². The molecule has 3 rings (SSSR count). The molecule has 2 saturated heterocycles. The predicted octanol–water partition coefficient (Wildman–Crippen LogP) is 2.39. The summed E-state index contributed by atoms with van der Waals surface area (Å²) in [5, 5.41) is 4.21. The highest BCUT2D eigenvalue weighted by Crippen LogP contribution is 2.35. The average Bonchev–Trinajstić information content (AvgIpc) is 2.47. The van der Waals surface area contributed by atoms with E-state index in [2.05, 4.69) is 22.0 Å². The van der Waals surface area contributed by atoms with Crippen molar-refractivity contribution >= 4 is 41.8 Å². The highest BCUT2D eigenvalue weighted by Gasteiger charge is 2.36. The van der Waals surface area contributed by atoms with Gasteiger partial charge in [-0.1, -0.05) is 12.8 Å². The van der Waals surface area contributed by atoms with Crippen LogP contribution in [0.5, 0.6) is 0 Å². The summed E-state index contributed by atoms with van der Waals surface area (Å²) in [7, 11) is 0. The number of thioether (sulfide) groups is 2. The Morgan fingerprint density at radius 2 is 2.10 bits per heavy atom. The van der Waals surface area contributed by atoms with Crippen LogP contribution in [-0.2, 0) is 4.79 Å². The summed E-state index contributed by atoms with van der Waals surface area (Å²) >= 11 is 4.08. The van der Waals surface area contributed by atoms with Gasteiger partial charge in [0.1, 0.15) is 0 Å². The van der Waals surface area contributed by atoms with Gasteiger partial charge < -0.3 is 10.2 Å². The van der Waals surface area contributed by atoms with Crippen molar-refractivity contribution in [3.05, 3.63) is 0 Å². The molecule has 1 amide bonds. The SMILES string of the molecule is Cl.O=C(CC1CSCCN1)N1CCSC2CCCCC21. The van der Waals surface area contributed by atoms with Crippen LogP contribution in [0.15, 0.2) is 0 Å². The molecule has 1 saturated carbocycles. The number of carbonyl (C=O) groups is 1. The maximum atomic E-state index is 12.6. The second-order valence-electron chi connectivity index (χ2n) is 5.78. The summed E-state index contributed by atoms with van der Waals surface area (Å²) in [4.78, 5) is 14.8. The number of hydrogen-bond acceptors (Lipinski definition) is 4. The second-order valence-corrected chi connectivity index (χ2v) is 8.28. The summed E-state index contributed by atoms with van der Waals surface area (Å²) in [6.45, 7) is 2.04. The van der Waals surface area contributed by atoms with Gasteiger partial charge in [0, 0.05) is 54.1 Å². The lowest BCUT2D eigenvalue weighted by molar-refractivity contribution is -0.134. The zero-order valence-electron chi connectivity index (χ0n) is 11.9. The molecule has 0 spiro atoms. The molecule has 2 heterocycles. The van der Waals surface area contributed by atoms with Gasteiger partial charge >= 0.3 is 0 Å². The van der Waals surface area contributed by atoms with Gasteiger partial charge in [0.2, 0.25) is 5.91 Å². The van der Waals surface area contributed by atoms with Gasteiger partial charge in [0.25, 0.3) is 0 Å². The standard InChI is InChI=1S/C14H24N2OS2.ClH/c17-14(9-11-10-18-7-5-15-11)16-6-8-19-13-4-2-1-3-12(13)16;/h11-13,15H,1-10H2;1H. The molecule has 3 nitrogen and oxygen atoms in total. The Labute approximate surface area is 136 Å². The van der Waals surface area contributed by atoms with E-state index in [9.17, 15) is 4.79 Å². The molecular formula is C14H25ClN2OS2. The van der Waals surface area contributed by atoms with E-state index >= 15 is 0 Å². The van der Waals surface area contributed by atoms with Crippen LogP contribution < -0.4 is 5.32 Å². The van der Waals surface area contributed by atoms with Gasteiger partial charge in [0.15, 0.2) is 0 Å². The molecule has 1 aliphatic carbocycles. The van der Waals surface area contributed by atoms with Crippen LogP contribution >= 0.6 is 35.9 Å². The molecule has 0 aromatic rings. The summed E-state index contributed by atoms with van der Waals surface area (Å²) in [6, 6.07) is 0.944. The summed E-state index contributed by atoms with van der Waals surface area (Å²) in [6.07, 6.45) is 5.92. The fourth-order valence-corrected chi connectivity index (χ4v) is 5.88. The number of rotatable bonds is 2. The Hall–Kier alpha value is 0.420. The lowest BCUT2D eigenvalue weighted by Crippen LogP contribution is -2.53. The third kappa shape index (κ3) is 3.99. The number of amides is 1. The lowest BCUT2D eigenvalue weighted by atomic mass is 9.93. The molecule has 0 radical (unpaired) electrons. The molecule has 3 fully saturated rings. The molecule has 20 heavy (non-hydrogen) atoms. The van der Waals surface area contributed by atoms with Crippen LogP contribution in [0, 0.1) is 0 Å². The third-order valence-electron chi connectivity index (χ3n) is 4.47. The van der Waals surface area contributed by atoms with E-state index in [0.717, 1.165) is 29.8 Å². The Morgan fingerprint density at radius 3 is 2.90 bits per heavy atom. The first-order valence-electron chi connectivity index (χ1n) is 7.57. The minimum Gasteiger partial charge on any atom is -0.338 e. The minimum absolute atomic E-state index is 0. The van der Waals surface area contributed by atoms with Gasteiger partial charge in [-0.3, -0.25) is 4.79 Å². The maximum absolute atomic E-state index is 12.6. The van der Waals surface area contributed by atoms with Crippen molar-refractivity contribution in [3.8, 4) is 0 Å². The molecule has 3 aliphatic rings. The number of nitrogens with zero attached hydrogens (tertiary/aromatic N) is 1. The van der Waals surface area contributed by atoms with E-state index in [1.807, 2.05) is 11.8 Å². The van der Waals surface area contributed by atoms with E-state index < -0.39 is 0 Å². The van der Waals surface area contributed by atoms with E-state index in [1.165, 1.54) is 31.4 Å². The fourth-order valence-electron chi connectivity index (χ4n) is 3.48. The van der Waals surface area contributed by atoms with Gasteiger partial charge in [-0.25, -0.2) is 0 Å². The van der Waals surface area contributed by atoms with E-state index in [4.69, 9.17) is 0 Å². The predicted molar refractivity (Wildman–Crippen MR) is 91.2 cm³/mol. The smallest absolute Gasteiger partial charge is 0.224 e. The fraction of sp³-hybridized carbons (Fsp3) is 0.929. The van der Waals surface area contributed by atoms with E-state index in [-0.39, 0.29) is 12.4 Å². The van der Waals surface area contributed by atoms with Crippen LogP contribution in [-0.4, -0.2) is 58.5 Å². The number of nitrogens with one attached hydrogen (secondary N) is 1. The number of halogens is 1. The summed E-state index contributed by atoms with van der Waals surface area (Å²) in [5.41, 5.74) is 0. The Bertz CT molecular complexity index is 324. The van der Waals surface area contributed by atoms with Crippen molar-refractivity contribution in [3.63, 3.8) is 0 Å². The van der Waals surface area contributed by atoms with Crippen molar-refractivity contribution < 1.29 is 4.79 Å². The molecule has 6 heteroatoms. The second kappa shape index (κ2) is 8.16. The number of fused-ring (bicyclic) bond motifs is 1. The Balaban J connectivity index is 0.00000147. The van der Waals surface area contributed by atoms with Crippen LogP contribution in [0.3, 0.4) is 0 Å². The molecule has 0 aromatic heterocycles. The Morgan fingerprint density at radius 1 is 1.25 bits per heavy atom. The van der Waals surface area contributed by atoms with Gasteiger partial charge in [-0.2, -0.15) is 23.5 Å². The monoisotopic (exact) mass is 336 g/mol. The number of hydrogen-bond donors (Lipinski definition) is 1. The van der Waals surface area contributed by atoms with Crippen LogP contribution in [0.25, 0.3) is 0 Å². The van der Waals surface area contributed by atoms with Crippen molar-refractivity contribution in [2.45, 2.75) is 49.4 Å². The zero-order chi connectivity index (χ0) is 13.1. The largest absolute Gasteiger partial charge is 0.338 e. The third-order valence-corrected chi connectivity index (χ3v) is 7.00. The lowest BCUT2D eigenvalue weighted by Gasteiger charge is -2.44. The van der Waals surface area contributed by atoms with Crippen LogP contribution in [0.4, 0.5) is 0 Å². The average molecular weight is 337 g/mol. The van der Waals surface area contributed by atoms with Crippen molar-refractivity contribution in [1.82, 2.24) is 10.2 Å². The van der Waals surface area contributed by atoms with Crippen molar-refractivity contribution in [1.29, 1.82) is 0 Å². The summed E-state index contributed by atoms with van der Waals surface area (Å²) in [5.74, 6) is 3.83. The molecule has 0 bridgehead atoms. The molecule has 3 atom stereocenters. The van der Waals surface area contributed by atoms with Crippen molar-refractivity contribution in [2.24, 2.45) is 0 Å². The topological polar surface area (TPSA) is 32.3 Å². The Kier molecular flexibility index (Phi) is 6.85. The normalized spacial score (nSPS) is 34.0. The quantitative estimate of drug-likeness (QED) is 0.839. The first-order valence-corrected chi connectivity index (χ1v) is 9.77. The van der Waals surface area contributed by atoms with Crippen LogP contribution in [0.2, 0.25) is 0 Å². The summed E-state index contributed by atoms with van der Waals surface area (Å²) < 4.78 is 0. The molecule has 1 N–H and O–H groups in total. The molecule has 3 unspecified atom stereocenters. The van der Waals surface area contributed by atoms with Gasteiger partial charge in [-0.15, -0.1) is 12.4 Å². The molecular weight excluding hydrogens is 312 g/mol. The molecule has 2 aliphatic heterocycles. The number of carbonyl (C=O) groups excluding carboxylic acids is 1. The first kappa shape index (κ1) is 16.8. The van der Waals surface area contributed by atoms with Crippen molar-refractivity contribution in [2.75, 3.05) is 30.3 Å². The van der Waals surface area contributed by atoms with Gasteiger partial charge in [-0.05, 0) is 12.8 Å². The highest BCUT2D eigenvalue weighted by atomic mass is 35.5. The highest BCUT2D eigenvalue weighted by molar-refractivity contribution is 8.00. The molecule has 0 aromatic carbocycles.